The van der Waals surface area contributed by atoms with Crippen molar-refractivity contribution < 1.29 is 47.7 Å². The van der Waals surface area contributed by atoms with E-state index >= 15 is 0 Å². The van der Waals surface area contributed by atoms with Crippen LogP contribution < -0.4 is 0 Å². The molecule has 0 radical (unpaired) electrons. The Morgan fingerprint density at radius 2 is 0.525 bits per heavy atom. The van der Waals surface area contributed by atoms with E-state index in [1.54, 1.807) is 0 Å². The van der Waals surface area contributed by atoms with Gasteiger partial charge in [-0.15, -0.1) is 0 Å². The molecule has 8 rings (SSSR count). The van der Waals surface area contributed by atoms with Gasteiger partial charge in [-0.2, -0.15) is 0 Å². The molecule has 8 aromatic carbocycles. The fourth-order valence-electron chi connectivity index (χ4n) is 9.82. The van der Waals surface area contributed by atoms with Crippen LogP contribution in [0, 0.1) is 27.1 Å². The molecule has 0 aromatic heterocycles. The molecule has 10 nitrogen and oxygen atoms in total. The molecule has 0 fully saturated rings. The molecule has 0 N–H and O–H groups in total. The van der Waals surface area contributed by atoms with E-state index in [4.69, 9.17) is 23.7 Å². The van der Waals surface area contributed by atoms with E-state index in [2.05, 4.69) is 79.7 Å². The molecule has 0 spiro atoms. The van der Waals surface area contributed by atoms with Gasteiger partial charge < -0.3 is 23.7 Å². The first-order valence-electron chi connectivity index (χ1n) is 35.8. The van der Waals surface area contributed by atoms with Crippen molar-refractivity contribution in [1.82, 2.24) is 0 Å². The van der Waals surface area contributed by atoms with E-state index in [0.717, 1.165) is 88.9 Å². The second kappa shape index (κ2) is 34.8. The molecule has 0 heterocycles. The number of hydrogen-bond donors (Lipinski definition) is 0. The molecular weight excluding hydrogens is 1230 g/mol. The molecule has 8 aromatic rings. The Morgan fingerprint density at radius 3 is 0.909 bits per heavy atom. The third-order valence-electron chi connectivity index (χ3n) is 20.3. The van der Waals surface area contributed by atoms with Gasteiger partial charge in [0.25, 0.3) is 0 Å². The van der Waals surface area contributed by atoms with Crippen molar-refractivity contribution in [3.63, 3.8) is 0 Å². The number of benzene rings is 8. The molecule has 0 saturated carbocycles. The molecule has 0 bridgehead atoms. The van der Waals surface area contributed by atoms with Crippen LogP contribution in [0.4, 0.5) is 0 Å². The van der Waals surface area contributed by atoms with Gasteiger partial charge in [0, 0.05) is 5.56 Å². The van der Waals surface area contributed by atoms with E-state index < -0.39 is 55.1 Å². The lowest BCUT2D eigenvalue weighted by molar-refractivity contribution is -0.171. The monoisotopic (exact) mass is 1350 g/mol. The van der Waals surface area contributed by atoms with E-state index in [1.165, 1.54) is 16.2 Å². The van der Waals surface area contributed by atoms with E-state index in [-0.39, 0.29) is 29.8 Å². The summed E-state index contributed by atoms with van der Waals surface area (Å²) in [6.45, 7) is 49.0. The quantitative estimate of drug-likeness (QED) is 0.0477. The molecule has 536 valence electrons. The van der Waals surface area contributed by atoms with Gasteiger partial charge in [0.05, 0.1) is 27.1 Å². The fourth-order valence-corrected chi connectivity index (χ4v) is 9.82. The van der Waals surface area contributed by atoms with Crippen molar-refractivity contribution in [2.75, 3.05) is 0 Å². The average molecular weight is 1350 g/mol. The number of carbonyl (C=O) groups excluding carboxylic acids is 5. The minimum Gasteiger partial charge on any atom is -0.454 e. The van der Waals surface area contributed by atoms with Gasteiger partial charge in [0.15, 0.2) is 0 Å². The maximum atomic E-state index is 12.5. The van der Waals surface area contributed by atoms with Crippen molar-refractivity contribution in [2.24, 2.45) is 27.1 Å². The van der Waals surface area contributed by atoms with Crippen LogP contribution in [0.5, 0.6) is 0 Å². The predicted molar refractivity (Wildman–Crippen MR) is 410 cm³/mol. The van der Waals surface area contributed by atoms with Gasteiger partial charge >= 0.3 is 29.8 Å². The predicted octanol–water partition coefficient (Wildman–Crippen LogP) is 23.7. The number of carbonyl (C=O) groups is 5. The van der Waals surface area contributed by atoms with Gasteiger partial charge in [-0.25, -0.2) is 0 Å². The Bertz CT molecular complexity index is 3910. The number of fused-ring (bicyclic) bond motifs is 3. The van der Waals surface area contributed by atoms with Crippen LogP contribution in [0.25, 0.3) is 32.3 Å². The van der Waals surface area contributed by atoms with Crippen molar-refractivity contribution >= 4 is 62.2 Å². The minimum absolute atomic E-state index is 0.127. The first kappa shape index (κ1) is 83.3. The van der Waals surface area contributed by atoms with E-state index in [9.17, 15) is 24.0 Å². The van der Waals surface area contributed by atoms with E-state index in [0.29, 0.717) is 0 Å². The normalized spacial score (nSPS) is 13.3. The third-order valence-corrected chi connectivity index (χ3v) is 20.3. The van der Waals surface area contributed by atoms with Crippen LogP contribution in [0.15, 0.2) is 188 Å². The summed E-state index contributed by atoms with van der Waals surface area (Å²) in [6, 6.07) is 63.0. The Morgan fingerprint density at radius 1 is 0.242 bits per heavy atom. The van der Waals surface area contributed by atoms with Crippen molar-refractivity contribution in [2.45, 2.75) is 246 Å². The van der Waals surface area contributed by atoms with Crippen LogP contribution in [-0.4, -0.2) is 29.8 Å². The maximum absolute atomic E-state index is 12.5. The van der Waals surface area contributed by atoms with Gasteiger partial charge in [-0.3, -0.25) is 24.0 Å². The summed E-state index contributed by atoms with van der Waals surface area (Å²) in [7, 11) is 0. The van der Waals surface area contributed by atoms with Crippen molar-refractivity contribution in [1.29, 1.82) is 0 Å². The van der Waals surface area contributed by atoms with E-state index in [1.807, 2.05) is 281 Å². The fraction of sp³-hybridized carbons (Fsp3) is 0.472. The minimum atomic E-state index is -0.648. The summed E-state index contributed by atoms with van der Waals surface area (Å²) in [5.41, 5.74) is -0.0223. The number of esters is 5. The second-order valence-electron chi connectivity index (χ2n) is 31.2. The Balaban J connectivity index is 0.000000264. The zero-order valence-corrected chi connectivity index (χ0v) is 64.9. The highest BCUT2D eigenvalue weighted by atomic mass is 16.6. The Labute approximate surface area is 595 Å². The lowest BCUT2D eigenvalue weighted by Gasteiger charge is -2.33. The van der Waals surface area contributed by atoms with Crippen LogP contribution in [0.3, 0.4) is 0 Å². The van der Waals surface area contributed by atoms with Crippen molar-refractivity contribution in [3.8, 4) is 0 Å². The lowest BCUT2D eigenvalue weighted by Crippen LogP contribution is -2.35. The number of hydrogen-bond acceptors (Lipinski definition) is 10. The lowest BCUT2D eigenvalue weighted by atomic mass is 9.88. The molecule has 0 aliphatic rings. The number of ether oxygens (including phenoxy) is 5. The molecule has 2 unspecified atom stereocenters. The highest BCUT2D eigenvalue weighted by Gasteiger charge is 2.40. The van der Waals surface area contributed by atoms with Gasteiger partial charge in [-0.1, -0.05) is 224 Å². The SMILES string of the molecule is CCC(C)(C)C(=O)OC(C)(C)c1ccc2ccccc2c1.CCC(C)(C)C(=O)OC(C)(C)c1cccc2ccccc12.CCC(C)(C)C(=O)OC(C)(C)c1ccccc1.CCC(C)(C)C(=O)OC(C)(CC)c1ccc2ccccc2c1.CCC(C)(C)C(=O)OC(C)(CC)c1ccccc1. The van der Waals surface area contributed by atoms with Crippen LogP contribution >= 0.6 is 0 Å². The summed E-state index contributed by atoms with van der Waals surface area (Å²) in [5.74, 6) is -0.703. The summed E-state index contributed by atoms with van der Waals surface area (Å²) < 4.78 is 29.0. The Kier molecular flexibility index (Phi) is 29.3. The molecule has 2 atom stereocenters. The van der Waals surface area contributed by atoms with Gasteiger partial charge in [0.2, 0.25) is 0 Å². The molecule has 0 aliphatic carbocycles. The summed E-state index contributed by atoms with van der Waals surface area (Å²) >= 11 is 0. The van der Waals surface area contributed by atoms with Gasteiger partial charge in [0.1, 0.15) is 28.0 Å². The first-order valence-corrected chi connectivity index (χ1v) is 35.8. The zero-order chi connectivity index (χ0) is 74.6. The molecular formula is C89H120O10. The first-order chi connectivity index (χ1) is 46.0. The molecule has 10 heteroatoms. The number of rotatable bonds is 22. The topological polar surface area (TPSA) is 132 Å². The molecule has 0 amide bonds. The Hall–Kier alpha value is -8.11. The van der Waals surface area contributed by atoms with Crippen LogP contribution in [-0.2, 0) is 75.7 Å². The molecule has 0 aliphatic heterocycles. The average Bonchev–Trinajstić information content (AvgIpc) is 0.832. The summed E-state index contributed by atoms with van der Waals surface area (Å²) in [6.07, 6.45) is 5.36. The van der Waals surface area contributed by atoms with Crippen LogP contribution in [0.2, 0.25) is 0 Å². The van der Waals surface area contributed by atoms with Crippen molar-refractivity contribution in [3.05, 3.63) is 216 Å². The van der Waals surface area contributed by atoms with Crippen LogP contribution in [0.1, 0.15) is 246 Å². The van der Waals surface area contributed by atoms with Gasteiger partial charge in [-0.05, 0) is 236 Å². The highest BCUT2D eigenvalue weighted by Crippen LogP contribution is 2.39. The molecule has 0 saturated heterocycles. The summed E-state index contributed by atoms with van der Waals surface area (Å²) in [5, 5.41) is 7.02. The maximum Gasteiger partial charge on any atom is 0.312 e. The zero-order valence-electron chi connectivity index (χ0n) is 64.9. The third kappa shape index (κ3) is 22.7. The molecule has 99 heavy (non-hydrogen) atoms. The smallest absolute Gasteiger partial charge is 0.312 e. The highest BCUT2D eigenvalue weighted by molar-refractivity contribution is 5.88. The summed E-state index contributed by atoms with van der Waals surface area (Å²) in [4.78, 5) is 61.5. The largest absolute Gasteiger partial charge is 0.454 e. The second-order valence-corrected chi connectivity index (χ2v) is 31.2. The standard InChI is InChI=1S/C20H26O2.2C19H24O2.C16H24O2.C15H22O2/c1-6-19(3,4)18(21)22-20(5,7-2)17-13-12-15-10-8-9-11-16(15)14-17;1-6-18(2,3)17(20)21-19(4,5)16-13-9-11-14-10-7-8-12-15(14)16;1-6-18(2,3)17(20)21-19(4,5)16-12-11-14-9-7-8-10-15(14)13-16;1-6-15(3,4)14(17)18-16(5,7-2)13-11-9-8-10-12-13;1-6-14(2,3)13(16)17-15(4,5)12-10-8-7-9-11-12/h8-14H,6-7H2,1-5H3;2*7-13H,6H2,1-5H3;8-12H,6-7H2,1-5H3;7-11H,6H2,1-5H3.